The Morgan fingerprint density at radius 1 is 1.44 bits per heavy atom. The third-order valence-corrected chi connectivity index (χ3v) is 3.68. The second kappa shape index (κ2) is 5.93. The molecule has 1 aromatic carbocycles. The summed E-state index contributed by atoms with van der Waals surface area (Å²) in [7, 11) is 1.68. The van der Waals surface area contributed by atoms with Gasteiger partial charge in [0.15, 0.2) is 0 Å². The van der Waals surface area contributed by atoms with E-state index in [2.05, 4.69) is 27.9 Å². The molecular weight excluding hydrogens is 246 g/mol. The van der Waals surface area contributed by atoms with Crippen LogP contribution in [0.3, 0.4) is 0 Å². The molecule has 1 unspecified atom stereocenters. The van der Waals surface area contributed by atoms with Crippen molar-refractivity contribution in [3.05, 3.63) is 40.4 Å². The number of rotatable bonds is 5. The highest BCUT2D eigenvalue weighted by atomic mass is 32.1. The minimum absolute atomic E-state index is 0.130. The van der Waals surface area contributed by atoms with E-state index in [0.29, 0.717) is 0 Å². The maximum absolute atomic E-state index is 5.28. The highest BCUT2D eigenvalue weighted by Gasteiger charge is 2.18. The van der Waals surface area contributed by atoms with Crippen LogP contribution in [0.15, 0.2) is 24.3 Å². The number of methoxy groups -OCH3 is 1. The van der Waals surface area contributed by atoms with Crippen molar-refractivity contribution in [3.8, 4) is 5.75 Å². The van der Waals surface area contributed by atoms with E-state index in [0.717, 1.165) is 22.9 Å². The third kappa shape index (κ3) is 2.68. The summed E-state index contributed by atoms with van der Waals surface area (Å²) in [6, 6.07) is 8.22. The van der Waals surface area contributed by atoms with Crippen LogP contribution in [0.25, 0.3) is 0 Å². The van der Waals surface area contributed by atoms with Crippen molar-refractivity contribution in [1.82, 2.24) is 14.9 Å². The largest absolute Gasteiger partial charge is 0.497 e. The Balaban J connectivity index is 2.38. The van der Waals surface area contributed by atoms with E-state index in [9.17, 15) is 0 Å². The second-order valence-corrected chi connectivity index (χ2v) is 4.78. The van der Waals surface area contributed by atoms with Crippen LogP contribution in [-0.4, -0.2) is 23.2 Å². The third-order valence-electron chi connectivity index (χ3n) is 2.78. The molecule has 0 saturated heterocycles. The molecule has 0 saturated carbocycles. The molecule has 0 bridgehead atoms. The summed E-state index contributed by atoms with van der Waals surface area (Å²) < 4.78 is 9.29. The van der Waals surface area contributed by atoms with E-state index in [1.807, 2.05) is 25.1 Å². The quantitative estimate of drug-likeness (QED) is 0.900. The predicted molar refractivity (Wildman–Crippen MR) is 73.2 cm³/mol. The number of hydrogen-bond donors (Lipinski definition) is 1. The van der Waals surface area contributed by atoms with Crippen LogP contribution >= 0.6 is 11.5 Å². The van der Waals surface area contributed by atoms with E-state index in [1.54, 1.807) is 7.11 Å². The highest BCUT2D eigenvalue weighted by Crippen LogP contribution is 2.28. The lowest BCUT2D eigenvalue weighted by atomic mass is 10.0. The van der Waals surface area contributed by atoms with Gasteiger partial charge in [-0.05, 0) is 42.7 Å². The van der Waals surface area contributed by atoms with Gasteiger partial charge >= 0.3 is 0 Å². The molecule has 2 rings (SSSR count). The first-order valence-corrected chi connectivity index (χ1v) is 6.69. The first kappa shape index (κ1) is 13.0. The number of benzene rings is 1. The van der Waals surface area contributed by atoms with Crippen molar-refractivity contribution < 1.29 is 4.74 Å². The van der Waals surface area contributed by atoms with E-state index in [1.165, 1.54) is 17.1 Å². The second-order valence-electron chi connectivity index (χ2n) is 3.99. The van der Waals surface area contributed by atoms with Crippen LogP contribution in [0, 0.1) is 6.92 Å². The van der Waals surface area contributed by atoms with Crippen LogP contribution in [0.2, 0.25) is 0 Å². The molecule has 2 aromatic rings. The van der Waals surface area contributed by atoms with Gasteiger partial charge in [-0.15, -0.1) is 5.10 Å². The molecule has 0 amide bonds. The molecule has 1 atom stereocenters. The Morgan fingerprint density at radius 3 is 2.89 bits per heavy atom. The Labute approximate surface area is 111 Å². The molecule has 96 valence electrons. The maximum atomic E-state index is 5.28. The summed E-state index contributed by atoms with van der Waals surface area (Å²) in [5.74, 6) is 0.866. The van der Waals surface area contributed by atoms with Crippen LogP contribution in [0.5, 0.6) is 5.75 Å². The molecule has 1 heterocycles. The average Bonchev–Trinajstić information content (AvgIpc) is 2.82. The highest BCUT2D eigenvalue weighted by molar-refractivity contribution is 7.05. The standard InChI is InChI=1S/C13H17N3OS/c1-4-14-12(13-9(2)15-16-18-13)10-6-5-7-11(8-10)17-3/h5-8,12,14H,4H2,1-3H3. The Morgan fingerprint density at radius 2 is 2.28 bits per heavy atom. The Kier molecular flexibility index (Phi) is 4.28. The summed E-state index contributed by atoms with van der Waals surface area (Å²) in [6.45, 7) is 4.97. The molecule has 0 fully saturated rings. The first-order chi connectivity index (χ1) is 8.76. The fraction of sp³-hybridized carbons (Fsp3) is 0.385. The molecule has 0 aliphatic carbocycles. The number of nitrogens with zero attached hydrogens (tertiary/aromatic N) is 2. The molecule has 1 N–H and O–H groups in total. The van der Waals surface area contributed by atoms with Crippen LogP contribution in [-0.2, 0) is 0 Å². The van der Waals surface area contributed by atoms with Gasteiger partial charge < -0.3 is 10.1 Å². The molecule has 18 heavy (non-hydrogen) atoms. The average molecular weight is 263 g/mol. The van der Waals surface area contributed by atoms with Crippen molar-refractivity contribution in [3.63, 3.8) is 0 Å². The van der Waals surface area contributed by atoms with Gasteiger partial charge in [0.2, 0.25) is 0 Å². The molecule has 0 aliphatic heterocycles. The smallest absolute Gasteiger partial charge is 0.119 e. The van der Waals surface area contributed by atoms with Gasteiger partial charge in [-0.3, -0.25) is 0 Å². The number of nitrogens with one attached hydrogen (secondary N) is 1. The Bertz CT molecular complexity index is 512. The lowest BCUT2D eigenvalue weighted by Crippen LogP contribution is -2.21. The minimum Gasteiger partial charge on any atom is -0.497 e. The van der Waals surface area contributed by atoms with Crippen LogP contribution < -0.4 is 10.1 Å². The zero-order valence-electron chi connectivity index (χ0n) is 10.8. The predicted octanol–water partition coefficient (Wildman–Crippen LogP) is 2.55. The molecule has 0 spiro atoms. The Hall–Kier alpha value is -1.46. The maximum Gasteiger partial charge on any atom is 0.119 e. The van der Waals surface area contributed by atoms with Crippen molar-refractivity contribution in [1.29, 1.82) is 0 Å². The van der Waals surface area contributed by atoms with Crippen molar-refractivity contribution in [2.24, 2.45) is 0 Å². The number of aryl methyl sites for hydroxylation is 1. The van der Waals surface area contributed by atoms with Gasteiger partial charge in [-0.25, -0.2) is 0 Å². The summed E-state index contributed by atoms with van der Waals surface area (Å²) in [6.07, 6.45) is 0. The lowest BCUT2D eigenvalue weighted by molar-refractivity contribution is 0.413. The topological polar surface area (TPSA) is 47.0 Å². The number of hydrogen-bond acceptors (Lipinski definition) is 5. The van der Waals surface area contributed by atoms with Gasteiger partial charge in [-0.2, -0.15) is 0 Å². The van der Waals surface area contributed by atoms with Crippen molar-refractivity contribution in [2.45, 2.75) is 19.9 Å². The van der Waals surface area contributed by atoms with Gasteiger partial charge in [0, 0.05) is 0 Å². The van der Waals surface area contributed by atoms with Crippen molar-refractivity contribution >= 4 is 11.5 Å². The van der Waals surface area contributed by atoms with Gasteiger partial charge in [-0.1, -0.05) is 23.5 Å². The van der Waals surface area contributed by atoms with Crippen LogP contribution in [0.4, 0.5) is 0 Å². The van der Waals surface area contributed by atoms with E-state index in [-0.39, 0.29) is 6.04 Å². The summed E-state index contributed by atoms with van der Waals surface area (Å²) >= 11 is 1.44. The normalized spacial score (nSPS) is 12.4. The monoisotopic (exact) mass is 263 g/mol. The molecule has 0 radical (unpaired) electrons. The molecular formula is C13H17N3OS. The molecule has 5 heteroatoms. The molecule has 4 nitrogen and oxygen atoms in total. The van der Waals surface area contributed by atoms with E-state index >= 15 is 0 Å². The SMILES string of the molecule is CCNC(c1cccc(OC)c1)c1snnc1C. The summed E-state index contributed by atoms with van der Waals surface area (Å²) in [5, 5.41) is 7.55. The molecule has 0 aliphatic rings. The number of ether oxygens (including phenoxy) is 1. The zero-order chi connectivity index (χ0) is 13.0. The molecule has 1 aromatic heterocycles. The van der Waals surface area contributed by atoms with Crippen molar-refractivity contribution in [2.75, 3.05) is 13.7 Å². The van der Waals surface area contributed by atoms with E-state index in [4.69, 9.17) is 4.74 Å². The lowest BCUT2D eigenvalue weighted by Gasteiger charge is -2.17. The van der Waals surface area contributed by atoms with Gasteiger partial charge in [0.25, 0.3) is 0 Å². The minimum atomic E-state index is 0.130. The van der Waals surface area contributed by atoms with E-state index < -0.39 is 0 Å². The van der Waals surface area contributed by atoms with Gasteiger partial charge in [0.05, 0.1) is 23.7 Å². The number of aromatic nitrogens is 2. The summed E-state index contributed by atoms with van der Waals surface area (Å²) in [4.78, 5) is 1.16. The fourth-order valence-corrected chi connectivity index (χ4v) is 2.64. The fourth-order valence-electron chi connectivity index (χ4n) is 1.89. The summed E-state index contributed by atoms with van der Waals surface area (Å²) in [5.41, 5.74) is 2.15. The zero-order valence-corrected chi connectivity index (χ0v) is 11.6. The first-order valence-electron chi connectivity index (χ1n) is 5.92. The van der Waals surface area contributed by atoms with Crippen LogP contribution in [0.1, 0.15) is 29.1 Å². The van der Waals surface area contributed by atoms with Gasteiger partial charge in [0.1, 0.15) is 5.75 Å².